The molecule has 0 amide bonds. The summed E-state index contributed by atoms with van der Waals surface area (Å²) in [5.41, 5.74) is 2.37. The van der Waals surface area contributed by atoms with Crippen molar-refractivity contribution in [3.05, 3.63) is 35.9 Å². The van der Waals surface area contributed by atoms with E-state index in [1.54, 1.807) is 7.11 Å². The Morgan fingerprint density at radius 2 is 2.06 bits per heavy atom. The van der Waals surface area contributed by atoms with Crippen LogP contribution in [-0.2, 0) is 0 Å². The quantitative estimate of drug-likeness (QED) is 0.784. The summed E-state index contributed by atoms with van der Waals surface area (Å²) in [6.45, 7) is 9.83. The maximum absolute atomic E-state index is 6.31. The van der Waals surface area contributed by atoms with Crippen LogP contribution >= 0.6 is 11.6 Å². The van der Waals surface area contributed by atoms with Crippen molar-refractivity contribution < 1.29 is 9.47 Å². The van der Waals surface area contributed by atoms with Crippen molar-refractivity contribution in [3.63, 3.8) is 0 Å². The van der Waals surface area contributed by atoms with E-state index >= 15 is 0 Å². The van der Waals surface area contributed by atoms with Crippen LogP contribution in [-0.4, -0.2) is 12.7 Å². The van der Waals surface area contributed by atoms with Gasteiger partial charge >= 0.3 is 0 Å². The van der Waals surface area contributed by atoms with E-state index in [4.69, 9.17) is 21.1 Å². The topological polar surface area (TPSA) is 18.5 Å². The highest BCUT2D eigenvalue weighted by molar-refractivity contribution is 6.49. The molecule has 96 valence electrons. The number of allylic oxidation sites excluding steroid dienone is 1. The molecule has 0 atom stereocenters. The van der Waals surface area contributed by atoms with Gasteiger partial charge in [0.2, 0.25) is 0 Å². The first kappa shape index (κ1) is 13.0. The molecule has 0 N–H and O–H groups in total. The summed E-state index contributed by atoms with van der Waals surface area (Å²) in [5.74, 6) is 1.50. The summed E-state index contributed by atoms with van der Waals surface area (Å²) >= 11 is 6.31. The average Bonchev–Trinajstić information content (AvgIpc) is 2.25. The van der Waals surface area contributed by atoms with E-state index in [1.165, 1.54) is 0 Å². The fourth-order valence-corrected chi connectivity index (χ4v) is 2.44. The highest BCUT2D eigenvalue weighted by Crippen LogP contribution is 2.42. The van der Waals surface area contributed by atoms with Gasteiger partial charge in [0.15, 0.2) is 0 Å². The molecule has 18 heavy (non-hydrogen) atoms. The molecular formula is C15H17ClO2. The Morgan fingerprint density at radius 3 is 2.61 bits per heavy atom. The summed E-state index contributed by atoms with van der Waals surface area (Å²) < 4.78 is 11.3. The molecule has 0 unspecified atom stereocenters. The minimum absolute atomic E-state index is 0.403. The Kier molecular flexibility index (Phi) is 3.16. The lowest BCUT2D eigenvalue weighted by atomic mass is 9.98. The molecule has 0 bridgehead atoms. The standard InChI is InChI=1S/C15H17ClO2/c1-9(2)10-6-11-12(16)8-15(3,4)18-14(11)7-13(10)17-5/h6-8H,1H2,2-5H3. The Morgan fingerprint density at radius 1 is 1.39 bits per heavy atom. The van der Waals surface area contributed by atoms with Crippen molar-refractivity contribution in [2.75, 3.05) is 7.11 Å². The largest absolute Gasteiger partial charge is 0.496 e. The summed E-state index contributed by atoms with van der Waals surface area (Å²) in [6, 6.07) is 3.83. The van der Waals surface area contributed by atoms with Gasteiger partial charge in [-0.15, -0.1) is 0 Å². The minimum atomic E-state index is -0.403. The number of rotatable bonds is 2. The molecule has 1 aliphatic rings. The van der Waals surface area contributed by atoms with Crippen LogP contribution in [0.2, 0.25) is 0 Å². The van der Waals surface area contributed by atoms with E-state index in [9.17, 15) is 0 Å². The zero-order valence-corrected chi connectivity index (χ0v) is 11.9. The first-order valence-corrected chi connectivity index (χ1v) is 6.17. The van der Waals surface area contributed by atoms with Gasteiger partial charge in [-0.2, -0.15) is 0 Å². The third kappa shape index (κ3) is 2.25. The smallest absolute Gasteiger partial charge is 0.133 e. The molecule has 0 aromatic heterocycles. The predicted octanol–water partition coefficient (Wildman–Crippen LogP) is 4.48. The maximum atomic E-state index is 6.31. The Balaban J connectivity index is 2.63. The number of ether oxygens (including phenoxy) is 2. The Hall–Kier alpha value is -1.41. The van der Waals surface area contributed by atoms with Crippen LogP contribution in [0.15, 0.2) is 24.8 Å². The van der Waals surface area contributed by atoms with Gasteiger partial charge in [0, 0.05) is 17.2 Å². The van der Waals surface area contributed by atoms with E-state index in [2.05, 4.69) is 6.58 Å². The molecule has 0 spiro atoms. The zero-order valence-electron chi connectivity index (χ0n) is 11.1. The lowest BCUT2D eigenvalue weighted by molar-refractivity contribution is 0.158. The zero-order chi connectivity index (χ0) is 13.5. The van der Waals surface area contributed by atoms with Crippen molar-refractivity contribution in [1.82, 2.24) is 0 Å². The monoisotopic (exact) mass is 264 g/mol. The average molecular weight is 265 g/mol. The van der Waals surface area contributed by atoms with Crippen LogP contribution in [0.1, 0.15) is 31.9 Å². The van der Waals surface area contributed by atoms with Gasteiger partial charge in [-0.3, -0.25) is 0 Å². The third-order valence-electron chi connectivity index (χ3n) is 2.87. The second-order valence-corrected chi connectivity index (χ2v) is 5.43. The maximum Gasteiger partial charge on any atom is 0.133 e. The summed E-state index contributed by atoms with van der Waals surface area (Å²) in [6.07, 6.45) is 1.91. The lowest BCUT2D eigenvalue weighted by Crippen LogP contribution is -2.28. The number of fused-ring (bicyclic) bond motifs is 1. The first-order chi connectivity index (χ1) is 8.34. The normalized spacial score (nSPS) is 16.4. The summed E-state index contributed by atoms with van der Waals surface area (Å²) in [4.78, 5) is 0. The van der Waals surface area contributed by atoms with E-state index in [-0.39, 0.29) is 0 Å². The summed E-state index contributed by atoms with van der Waals surface area (Å²) in [5, 5.41) is 0.700. The number of hydrogen-bond acceptors (Lipinski definition) is 2. The molecule has 0 saturated heterocycles. The first-order valence-electron chi connectivity index (χ1n) is 5.80. The molecule has 1 aromatic carbocycles. The minimum Gasteiger partial charge on any atom is -0.496 e. The van der Waals surface area contributed by atoms with Crippen molar-refractivity contribution in [2.24, 2.45) is 0 Å². The van der Waals surface area contributed by atoms with Gasteiger partial charge in [0.1, 0.15) is 17.1 Å². The van der Waals surface area contributed by atoms with Gasteiger partial charge in [-0.25, -0.2) is 0 Å². The molecule has 0 fully saturated rings. The van der Waals surface area contributed by atoms with Gasteiger partial charge in [0.25, 0.3) is 0 Å². The number of methoxy groups -OCH3 is 1. The predicted molar refractivity (Wildman–Crippen MR) is 76.2 cm³/mol. The van der Waals surface area contributed by atoms with Crippen LogP contribution in [0.5, 0.6) is 11.5 Å². The molecule has 2 nitrogen and oxygen atoms in total. The SMILES string of the molecule is C=C(C)c1cc2c(cc1OC)OC(C)(C)C=C2Cl. The molecule has 2 rings (SSSR count). The molecule has 1 heterocycles. The number of halogens is 1. The number of hydrogen-bond donors (Lipinski definition) is 0. The van der Waals surface area contributed by atoms with Gasteiger partial charge in [-0.05, 0) is 38.5 Å². The molecule has 0 radical (unpaired) electrons. The fraction of sp³-hybridized carbons (Fsp3) is 0.333. The Bertz CT molecular complexity index is 542. The van der Waals surface area contributed by atoms with E-state index in [0.717, 1.165) is 28.2 Å². The second kappa shape index (κ2) is 4.36. The highest BCUT2D eigenvalue weighted by Gasteiger charge is 2.27. The van der Waals surface area contributed by atoms with E-state index in [0.29, 0.717) is 5.03 Å². The highest BCUT2D eigenvalue weighted by atomic mass is 35.5. The molecule has 3 heteroatoms. The van der Waals surface area contributed by atoms with Crippen molar-refractivity contribution in [2.45, 2.75) is 26.4 Å². The van der Waals surface area contributed by atoms with E-state index in [1.807, 2.05) is 39.0 Å². The third-order valence-corrected chi connectivity index (χ3v) is 3.18. The molecule has 0 saturated carbocycles. The van der Waals surface area contributed by atoms with Crippen LogP contribution in [0.25, 0.3) is 10.6 Å². The van der Waals surface area contributed by atoms with Crippen LogP contribution in [0.4, 0.5) is 0 Å². The lowest BCUT2D eigenvalue weighted by Gasteiger charge is -2.30. The fourth-order valence-electron chi connectivity index (χ4n) is 2.03. The van der Waals surface area contributed by atoms with E-state index < -0.39 is 5.60 Å². The molecule has 1 aliphatic heterocycles. The second-order valence-electron chi connectivity index (χ2n) is 5.03. The number of benzene rings is 1. The Labute approximate surface area is 113 Å². The van der Waals surface area contributed by atoms with Crippen LogP contribution in [0, 0.1) is 0 Å². The van der Waals surface area contributed by atoms with Crippen molar-refractivity contribution in [3.8, 4) is 11.5 Å². The van der Waals surface area contributed by atoms with Crippen LogP contribution < -0.4 is 9.47 Å². The van der Waals surface area contributed by atoms with Gasteiger partial charge in [0.05, 0.1) is 12.1 Å². The van der Waals surface area contributed by atoms with Gasteiger partial charge < -0.3 is 9.47 Å². The molecular weight excluding hydrogens is 248 g/mol. The van der Waals surface area contributed by atoms with Crippen molar-refractivity contribution in [1.29, 1.82) is 0 Å². The molecule has 1 aromatic rings. The van der Waals surface area contributed by atoms with Gasteiger partial charge in [-0.1, -0.05) is 18.2 Å². The molecule has 0 aliphatic carbocycles. The summed E-state index contributed by atoms with van der Waals surface area (Å²) in [7, 11) is 1.64. The van der Waals surface area contributed by atoms with Crippen LogP contribution in [0.3, 0.4) is 0 Å². The van der Waals surface area contributed by atoms with Crippen molar-refractivity contribution >= 4 is 22.2 Å².